The van der Waals surface area contributed by atoms with Crippen LogP contribution in [0.2, 0.25) is 5.15 Å². The Balaban J connectivity index is 1.56. The highest BCUT2D eigenvalue weighted by atomic mass is 35.5. The summed E-state index contributed by atoms with van der Waals surface area (Å²) in [6.07, 6.45) is 5.29. The summed E-state index contributed by atoms with van der Waals surface area (Å²) < 4.78 is 4.15. The fourth-order valence-electron chi connectivity index (χ4n) is 3.81. The van der Waals surface area contributed by atoms with Gasteiger partial charge < -0.3 is 15.7 Å². The minimum Gasteiger partial charge on any atom is -0.398 e. The molecule has 5 rings (SSSR count). The number of hydrogen-bond acceptors (Lipinski definition) is 7. The van der Waals surface area contributed by atoms with Gasteiger partial charge in [-0.3, -0.25) is 4.79 Å². The molecule has 0 fully saturated rings. The normalized spacial score (nSPS) is 11.4. The lowest BCUT2D eigenvalue weighted by Crippen LogP contribution is -2.25. The van der Waals surface area contributed by atoms with Gasteiger partial charge in [-0.25, -0.2) is 14.6 Å². The number of rotatable bonds is 5. The molecule has 0 radical (unpaired) electrons. The smallest absolute Gasteiger partial charge is 0.291 e. The Morgan fingerprint density at radius 3 is 2.84 bits per heavy atom. The van der Waals surface area contributed by atoms with Gasteiger partial charge in [0.25, 0.3) is 5.56 Å². The van der Waals surface area contributed by atoms with E-state index < -0.39 is 0 Å². The third-order valence-corrected chi connectivity index (χ3v) is 6.71. The minimum absolute atomic E-state index is 0.211. The number of hydrogen-bond donors (Lipinski definition) is 2. The van der Waals surface area contributed by atoms with E-state index in [0.29, 0.717) is 28.3 Å². The molecule has 1 aromatic carbocycles. The number of thiazole rings is 1. The maximum absolute atomic E-state index is 13.3. The second-order valence-corrected chi connectivity index (χ2v) is 8.89. The first-order chi connectivity index (χ1) is 15.5. The van der Waals surface area contributed by atoms with Crippen LogP contribution in [0.1, 0.15) is 21.7 Å². The number of anilines is 1. The summed E-state index contributed by atoms with van der Waals surface area (Å²) in [5, 5.41) is 14.2. The van der Waals surface area contributed by atoms with E-state index in [9.17, 15) is 4.79 Å². The molecule has 10 heteroatoms. The van der Waals surface area contributed by atoms with Crippen molar-refractivity contribution in [3.8, 4) is 0 Å². The van der Waals surface area contributed by atoms with Gasteiger partial charge in [-0.15, -0.1) is 11.3 Å². The van der Waals surface area contributed by atoms with Crippen LogP contribution in [0.4, 0.5) is 5.69 Å². The van der Waals surface area contributed by atoms with E-state index in [4.69, 9.17) is 27.7 Å². The average Bonchev–Trinajstić information content (AvgIpc) is 3.30. The fourth-order valence-corrected chi connectivity index (χ4v) is 5.07. The molecule has 0 unspecified atom stereocenters. The molecular weight excluding hydrogens is 446 g/mol. The molecule has 0 spiro atoms. The Bertz CT molecular complexity index is 1550. The number of nitrogens with one attached hydrogen (secondary N) is 1. The molecule has 0 saturated carbocycles. The molecule has 8 nitrogen and oxygen atoms in total. The van der Waals surface area contributed by atoms with Gasteiger partial charge in [0.1, 0.15) is 15.7 Å². The van der Waals surface area contributed by atoms with Crippen molar-refractivity contribution >= 4 is 56.1 Å². The SMILES string of the molecule is Cn1c2nc(Cc3ccc(Cl)nc3)sc2c2cnn(Cc3cccc(N)c3C=N)c(=O)c21. The zero-order chi connectivity index (χ0) is 22.4. The molecular formula is C22H18ClN7OS. The molecule has 0 bridgehead atoms. The number of aromatic nitrogens is 5. The van der Waals surface area contributed by atoms with Crippen molar-refractivity contribution in [2.45, 2.75) is 13.0 Å². The van der Waals surface area contributed by atoms with Gasteiger partial charge in [0.2, 0.25) is 0 Å². The van der Waals surface area contributed by atoms with Crippen LogP contribution in [0.25, 0.3) is 21.3 Å². The first-order valence-corrected chi connectivity index (χ1v) is 11.0. The molecule has 3 N–H and O–H groups in total. The molecule has 0 amide bonds. The number of nitrogens with two attached hydrogens (primary N) is 1. The lowest BCUT2D eigenvalue weighted by Gasteiger charge is -2.10. The van der Waals surface area contributed by atoms with Crippen LogP contribution in [-0.2, 0) is 20.0 Å². The number of nitrogens with zero attached hydrogens (tertiary/aromatic N) is 5. The molecule has 32 heavy (non-hydrogen) atoms. The van der Waals surface area contributed by atoms with Gasteiger partial charge in [0.15, 0.2) is 5.65 Å². The number of fused-ring (bicyclic) bond motifs is 3. The van der Waals surface area contributed by atoms with Crippen molar-refractivity contribution in [1.29, 1.82) is 5.41 Å². The zero-order valence-corrected chi connectivity index (χ0v) is 18.6. The quantitative estimate of drug-likeness (QED) is 0.234. The van der Waals surface area contributed by atoms with Crippen molar-refractivity contribution in [2.24, 2.45) is 7.05 Å². The number of benzene rings is 1. The predicted octanol–water partition coefficient (Wildman–Crippen LogP) is 3.61. The van der Waals surface area contributed by atoms with Gasteiger partial charge in [0.05, 0.1) is 17.4 Å². The lowest BCUT2D eigenvalue weighted by molar-refractivity contribution is 0.644. The highest BCUT2D eigenvalue weighted by Crippen LogP contribution is 2.31. The van der Waals surface area contributed by atoms with E-state index in [1.807, 2.05) is 23.7 Å². The van der Waals surface area contributed by atoms with E-state index in [1.165, 1.54) is 10.9 Å². The second kappa shape index (κ2) is 7.85. The molecule has 4 aromatic heterocycles. The Hall–Kier alpha value is -3.56. The average molecular weight is 464 g/mol. The molecule has 5 aromatic rings. The van der Waals surface area contributed by atoms with Crippen molar-refractivity contribution in [3.63, 3.8) is 0 Å². The first kappa shape index (κ1) is 20.3. The van der Waals surface area contributed by atoms with Crippen molar-refractivity contribution < 1.29 is 0 Å². The van der Waals surface area contributed by atoms with Crippen LogP contribution in [-0.4, -0.2) is 30.5 Å². The maximum Gasteiger partial charge on any atom is 0.291 e. The van der Waals surface area contributed by atoms with Gasteiger partial charge in [0, 0.05) is 42.5 Å². The number of nitrogen functional groups attached to an aromatic ring is 1. The monoisotopic (exact) mass is 463 g/mol. The maximum atomic E-state index is 13.3. The van der Waals surface area contributed by atoms with Crippen molar-refractivity contribution in [1.82, 2.24) is 24.3 Å². The Kier molecular flexibility index (Phi) is 4.99. The molecule has 4 heterocycles. The highest BCUT2D eigenvalue weighted by Gasteiger charge is 2.19. The highest BCUT2D eigenvalue weighted by molar-refractivity contribution is 7.19. The minimum atomic E-state index is -0.211. The van der Waals surface area contributed by atoms with Gasteiger partial charge in [-0.05, 0) is 23.3 Å². The van der Waals surface area contributed by atoms with Crippen LogP contribution in [0.3, 0.4) is 0 Å². The second-order valence-electron chi connectivity index (χ2n) is 7.42. The van der Waals surface area contributed by atoms with Crippen molar-refractivity contribution in [3.05, 3.63) is 79.9 Å². The van der Waals surface area contributed by atoms with Crippen molar-refractivity contribution in [2.75, 3.05) is 5.73 Å². The Labute approximate surface area is 191 Å². The van der Waals surface area contributed by atoms with E-state index in [0.717, 1.165) is 31.9 Å². The number of pyridine rings is 1. The summed E-state index contributed by atoms with van der Waals surface area (Å²) in [6, 6.07) is 9.08. The summed E-state index contributed by atoms with van der Waals surface area (Å²) in [5.74, 6) is 0. The van der Waals surface area contributed by atoms with Crippen LogP contribution >= 0.6 is 22.9 Å². The van der Waals surface area contributed by atoms with E-state index in [-0.39, 0.29) is 12.1 Å². The largest absolute Gasteiger partial charge is 0.398 e. The van der Waals surface area contributed by atoms with Crippen LogP contribution in [0.15, 0.2) is 47.5 Å². The molecule has 0 saturated heterocycles. The summed E-state index contributed by atoms with van der Waals surface area (Å²) >= 11 is 7.41. The third kappa shape index (κ3) is 3.35. The summed E-state index contributed by atoms with van der Waals surface area (Å²) in [7, 11) is 1.84. The number of halogens is 1. The first-order valence-electron chi connectivity index (χ1n) is 9.78. The number of aryl methyl sites for hydroxylation is 1. The Morgan fingerprint density at radius 2 is 2.09 bits per heavy atom. The van der Waals surface area contributed by atoms with Gasteiger partial charge in [-0.2, -0.15) is 5.10 Å². The molecule has 0 aliphatic carbocycles. The van der Waals surface area contributed by atoms with E-state index in [2.05, 4.69) is 10.1 Å². The summed E-state index contributed by atoms with van der Waals surface area (Å²) in [4.78, 5) is 22.1. The summed E-state index contributed by atoms with van der Waals surface area (Å²) in [6.45, 7) is 0.228. The van der Waals surface area contributed by atoms with E-state index >= 15 is 0 Å². The molecule has 0 atom stereocenters. The van der Waals surface area contributed by atoms with Crippen LogP contribution in [0, 0.1) is 5.41 Å². The third-order valence-electron chi connectivity index (χ3n) is 5.41. The molecule has 160 valence electrons. The Morgan fingerprint density at radius 1 is 1.25 bits per heavy atom. The molecule has 0 aliphatic rings. The molecule has 0 aliphatic heterocycles. The topological polar surface area (TPSA) is 115 Å². The predicted molar refractivity (Wildman–Crippen MR) is 128 cm³/mol. The van der Waals surface area contributed by atoms with Crippen LogP contribution < -0.4 is 11.3 Å². The van der Waals surface area contributed by atoms with E-state index in [1.54, 1.807) is 41.9 Å². The lowest BCUT2D eigenvalue weighted by atomic mass is 10.1. The fraction of sp³-hybridized carbons (Fsp3) is 0.136. The standard InChI is InChI=1S/C22H18ClN7OS/c1-29-19-15(20-21(29)28-18(32-20)7-12-5-6-17(23)26-9-12)10-27-30(22(19)31)11-13-3-2-4-16(25)14(13)8-24/h2-6,8-10,24H,7,11,25H2,1H3. The van der Waals surface area contributed by atoms with Gasteiger partial charge >= 0.3 is 0 Å². The van der Waals surface area contributed by atoms with Crippen LogP contribution in [0.5, 0.6) is 0 Å². The van der Waals surface area contributed by atoms with Gasteiger partial charge in [-0.1, -0.05) is 29.8 Å². The zero-order valence-electron chi connectivity index (χ0n) is 17.0. The summed E-state index contributed by atoms with van der Waals surface area (Å²) in [5.41, 5.74) is 9.94.